The largest absolute Gasteiger partial charge is 0.592 e. The van der Waals surface area contributed by atoms with Crippen LogP contribution in [0, 0.1) is 11.3 Å². The zero-order valence-electron chi connectivity index (χ0n) is 18.5. The van der Waals surface area contributed by atoms with Crippen molar-refractivity contribution < 1.29 is 28.6 Å². The zero-order valence-corrected chi connectivity index (χ0v) is 18.5. The second-order valence-corrected chi connectivity index (χ2v) is 8.19. The Balaban J connectivity index is 1.65. The molecule has 1 atom stereocenters. The van der Waals surface area contributed by atoms with E-state index in [9.17, 15) is 10.4 Å². The smallest absolute Gasteiger partial charge is 0.326 e. The van der Waals surface area contributed by atoms with Crippen molar-refractivity contribution in [3.63, 3.8) is 0 Å². The lowest BCUT2D eigenvalue weighted by Crippen LogP contribution is -2.62. The predicted octanol–water partition coefficient (Wildman–Crippen LogP) is 0.00208. The molecule has 1 unspecified atom stereocenters. The molecule has 0 radical (unpaired) electrons. The normalized spacial score (nSPS) is 15.8. The van der Waals surface area contributed by atoms with Crippen LogP contribution in [0.4, 0.5) is 5.88 Å². The number of morpholine rings is 1. The Labute approximate surface area is 186 Å². The van der Waals surface area contributed by atoms with E-state index in [0.29, 0.717) is 44.2 Å². The zero-order chi connectivity index (χ0) is 23.0. The van der Waals surface area contributed by atoms with Gasteiger partial charge in [-0.15, -0.1) is 5.01 Å². The predicted molar refractivity (Wildman–Crippen MR) is 112 cm³/mol. The lowest BCUT2D eigenvalue weighted by Gasteiger charge is -2.30. The molecule has 0 bridgehead atoms. The van der Waals surface area contributed by atoms with Crippen molar-refractivity contribution in [1.29, 1.82) is 5.26 Å². The summed E-state index contributed by atoms with van der Waals surface area (Å²) in [6.45, 7) is 8.88. The van der Waals surface area contributed by atoms with E-state index in [2.05, 4.69) is 21.6 Å². The SMILES string of the molecule is CC(C)(C)NCC(COc1ccccc1C#N)O/C([O-])=N/c1c[n+](N2CCOCC2)no1. The highest BCUT2D eigenvalue weighted by Gasteiger charge is 2.23. The third-order valence-corrected chi connectivity index (χ3v) is 4.48. The van der Waals surface area contributed by atoms with Crippen molar-refractivity contribution in [3.8, 4) is 11.8 Å². The number of nitrogens with one attached hydrogen (secondary N) is 1. The Hall–Kier alpha value is -3.36. The van der Waals surface area contributed by atoms with Crippen molar-refractivity contribution in [3.05, 3.63) is 36.0 Å². The minimum Gasteiger partial charge on any atom is -0.592 e. The Morgan fingerprint density at radius 2 is 2.12 bits per heavy atom. The van der Waals surface area contributed by atoms with E-state index in [1.165, 1.54) is 11.0 Å². The van der Waals surface area contributed by atoms with Gasteiger partial charge in [-0.05, 0) is 32.9 Å². The molecule has 0 amide bonds. The summed E-state index contributed by atoms with van der Waals surface area (Å²) in [5.74, 6) is 0.449. The topological polar surface area (TPSA) is 132 Å². The van der Waals surface area contributed by atoms with Gasteiger partial charge >= 0.3 is 5.88 Å². The first-order chi connectivity index (χ1) is 15.3. The van der Waals surface area contributed by atoms with Crippen molar-refractivity contribution in [2.75, 3.05) is 44.5 Å². The first-order valence-corrected chi connectivity index (χ1v) is 10.3. The number of aliphatic imine (C=N–C) groups is 1. The Kier molecular flexibility index (Phi) is 7.86. The summed E-state index contributed by atoms with van der Waals surface area (Å²) in [7, 11) is 0. The number of nitrogens with zero attached hydrogens (tertiary/aromatic N) is 5. The van der Waals surface area contributed by atoms with Crippen molar-refractivity contribution in [1.82, 2.24) is 10.6 Å². The molecule has 1 aliphatic rings. The molecule has 3 rings (SSSR count). The van der Waals surface area contributed by atoms with Gasteiger partial charge in [0.1, 0.15) is 18.4 Å². The van der Waals surface area contributed by atoms with Crippen molar-refractivity contribution in [2.45, 2.75) is 32.4 Å². The van der Waals surface area contributed by atoms with Gasteiger partial charge < -0.3 is 24.6 Å². The maximum atomic E-state index is 12.4. The fourth-order valence-corrected chi connectivity index (χ4v) is 2.85. The molecule has 0 saturated carbocycles. The molecule has 1 aliphatic heterocycles. The molecule has 32 heavy (non-hydrogen) atoms. The second-order valence-electron chi connectivity index (χ2n) is 8.19. The van der Waals surface area contributed by atoms with Gasteiger partial charge in [0, 0.05) is 12.1 Å². The Morgan fingerprint density at radius 1 is 1.38 bits per heavy atom. The van der Waals surface area contributed by atoms with Crippen molar-refractivity contribution >= 4 is 12.0 Å². The third kappa shape index (κ3) is 7.11. The molecule has 0 aliphatic carbocycles. The highest BCUT2D eigenvalue weighted by molar-refractivity contribution is 5.65. The molecule has 2 heterocycles. The molecule has 1 saturated heterocycles. The lowest BCUT2D eigenvalue weighted by atomic mass is 10.1. The van der Waals surface area contributed by atoms with Crippen LogP contribution >= 0.6 is 0 Å². The molecule has 2 aromatic rings. The molecule has 1 N–H and O–H groups in total. The molecule has 1 aromatic carbocycles. The second kappa shape index (κ2) is 10.8. The van der Waals surface area contributed by atoms with Crippen LogP contribution in [0.1, 0.15) is 26.3 Å². The molecular weight excluding hydrogens is 416 g/mol. The molecule has 172 valence electrons. The summed E-state index contributed by atoms with van der Waals surface area (Å²) in [4.78, 5) is 5.34. The van der Waals surface area contributed by atoms with Gasteiger partial charge in [0.25, 0.3) is 6.20 Å². The van der Waals surface area contributed by atoms with Crippen LogP contribution in [0.3, 0.4) is 0 Å². The first kappa shape index (κ1) is 23.3. The van der Waals surface area contributed by atoms with Crippen LogP contribution < -0.4 is 25.0 Å². The van der Waals surface area contributed by atoms with Gasteiger partial charge in [0.05, 0.1) is 42.8 Å². The van der Waals surface area contributed by atoms with Crippen LogP contribution in [-0.2, 0) is 9.47 Å². The Morgan fingerprint density at radius 3 is 2.84 bits per heavy atom. The number of hydrogen-bond acceptors (Lipinski definition) is 10. The standard InChI is InChI=1S/C21H28N6O5/c1-21(2,3)23-13-17(15-30-18-7-5-4-6-16(18)12-22)31-20(28)24-19-14-27(25-32-19)26-8-10-29-11-9-26/h4-7,14,17,23H,8-11,13,15H2,1-3H3. The number of aromatic nitrogens is 2. The van der Waals surface area contributed by atoms with Gasteiger partial charge in [-0.3, -0.25) is 4.52 Å². The van der Waals surface area contributed by atoms with Gasteiger partial charge in [-0.2, -0.15) is 10.3 Å². The summed E-state index contributed by atoms with van der Waals surface area (Å²) in [6.07, 6.45) is 0.0361. The fraction of sp³-hybridized carbons (Fsp3) is 0.524. The number of ether oxygens (including phenoxy) is 3. The van der Waals surface area contributed by atoms with Crippen LogP contribution in [0.5, 0.6) is 5.75 Å². The average molecular weight is 444 g/mol. The average Bonchev–Trinajstić information content (AvgIpc) is 3.24. The van der Waals surface area contributed by atoms with Gasteiger partial charge in [0.2, 0.25) is 5.27 Å². The third-order valence-electron chi connectivity index (χ3n) is 4.48. The van der Waals surface area contributed by atoms with E-state index in [1.54, 1.807) is 24.3 Å². The highest BCUT2D eigenvalue weighted by Crippen LogP contribution is 2.17. The van der Waals surface area contributed by atoms with Crippen LogP contribution in [-0.4, -0.2) is 62.5 Å². The first-order valence-electron chi connectivity index (χ1n) is 10.3. The summed E-state index contributed by atoms with van der Waals surface area (Å²) in [5.41, 5.74) is 0.210. The lowest BCUT2D eigenvalue weighted by molar-refractivity contribution is -0.759. The quantitative estimate of drug-likeness (QED) is 0.339. The van der Waals surface area contributed by atoms with E-state index in [4.69, 9.17) is 18.7 Å². The van der Waals surface area contributed by atoms with Gasteiger partial charge in [-0.1, -0.05) is 12.1 Å². The molecule has 0 spiro atoms. The summed E-state index contributed by atoms with van der Waals surface area (Å²) in [6, 6.07) is 8.95. The van der Waals surface area contributed by atoms with Crippen LogP contribution in [0.15, 0.2) is 40.0 Å². The number of hydrogen-bond donors (Lipinski definition) is 1. The van der Waals surface area contributed by atoms with Crippen LogP contribution in [0.2, 0.25) is 0 Å². The highest BCUT2D eigenvalue weighted by atomic mass is 16.6. The minimum atomic E-state index is -0.826. The van der Waals surface area contributed by atoms with Crippen molar-refractivity contribution in [2.24, 2.45) is 4.99 Å². The molecule has 11 heteroatoms. The number of nitriles is 1. The number of para-hydroxylation sites is 1. The van der Waals surface area contributed by atoms with E-state index in [-0.39, 0.29) is 18.0 Å². The van der Waals surface area contributed by atoms with E-state index in [1.807, 2.05) is 25.8 Å². The van der Waals surface area contributed by atoms with E-state index in [0.717, 1.165) is 0 Å². The maximum Gasteiger partial charge on any atom is 0.326 e. The fourth-order valence-electron chi connectivity index (χ4n) is 2.85. The summed E-state index contributed by atoms with van der Waals surface area (Å²) < 4.78 is 21.7. The monoisotopic (exact) mass is 444 g/mol. The maximum absolute atomic E-state index is 12.4. The number of benzene rings is 1. The van der Waals surface area contributed by atoms with E-state index < -0.39 is 12.2 Å². The van der Waals surface area contributed by atoms with Crippen LogP contribution in [0.25, 0.3) is 0 Å². The van der Waals surface area contributed by atoms with Gasteiger partial charge in [-0.25, -0.2) is 0 Å². The molecular formula is C21H28N6O5. The molecule has 1 aromatic heterocycles. The molecule has 11 nitrogen and oxygen atoms in total. The number of rotatable bonds is 8. The molecule has 1 fully saturated rings. The Bertz CT molecular complexity index is 943. The minimum absolute atomic E-state index is 0.0276. The van der Waals surface area contributed by atoms with E-state index >= 15 is 0 Å². The van der Waals surface area contributed by atoms with Gasteiger partial charge in [0.15, 0.2) is 6.08 Å². The summed E-state index contributed by atoms with van der Waals surface area (Å²) >= 11 is 0. The summed E-state index contributed by atoms with van der Waals surface area (Å²) in [5, 5.41) is 30.7.